The fourth-order valence-corrected chi connectivity index (χ4v) is 0.818. The second-order valence-electron chi connectivity index (χ2n) is 4.07. The van der Waals surface area contributed by atoms with Crippen LogP contribution in [0, 0.1) is 0 Å². The Kier molecular flexibility index (Phi) is 4.52. The summed E-state index contributed by atoms with van der Waals surface area (Å²) >= 11 is 0. The molecule has 0 rings (SSSR count). The maximum Gasteiger partial charge on any atom is 0.407 e. The third-order valence-corrected chi connectivity index (χ3v) is 1.28. The number of amides is 1. The molecular formula is C10H19NO2. The van der Waals surface area contributed by atoms with E-state index in [0.29, 0.717) is 0 Å². The lowest BCUT2D eigenvalue weighted by Crippen LogP contribution is -2.37. The highest BCUT2D eigenvalue weighted by molar-refractivity contribution is 5.68. The average molecular weight is 185 g/mol. The molecule has 0 aliphatic carbocycles. The molecule has 3 heteroatoms. The molecule has 76 valence electrons. The number of carbonyl (C=O) groups is 1. The molecule has 1 unspecified atom stereocenters. The first-order valence-electron chi connectivity index (χ1n) is 4.45. The zero-order chi connectivity index (χ0) is 10.5. The Balaban J connectivity index is 3.81. The maximum absolute atomic E-state index is 11.2. The zero-order valence-corrected chi connectivity index (χ0v) is 8.89. The first-order chi connectivity index (χ1) is 5.85. The van der Waals surface area contributed by atoms with Gasteiger partial charge in [0.1, 0.15) is 5.60 Å². The van der Waals surface area contributed by atoms with Gasteiger partial charge in [0.2, 0.25) is 0 Å². The van der Waals surface area contributed by atoms with Crippen LogP contribution in [0.1, 0.15) is 34.1 Å². The van der Waals surface area contributed by atoms with Crippen LogP contribution in [0.2, 0.25) is 0 Å². The Morgan fingerprint density at radius 3 is 2.54 bits per heavy atom. The molecule has 1 atom stereocenters. The molecule has 0 saturated heterocycles. The van der Waals surface area contributed by atoms with E-state index in [-0.39, 0.29) is 12.1 Å². The van der Waals surface area contributed by atoms with E-state index in [2.05, 4.69) is 11.9 Å². The van der Waals surface area contributed by atoms with E-state index in [1.165, 1.54) is 0 Å². The van der Waals surface area contributed by atoms with Crippen LogP contribution in [0.5, 0.6) is 0 Å². The Labute approximate surface area is 80.2 Å². The molecule has 0 aromatic carbocycles. The van der Waals surface area contributed by atoms with Gasteiger partial charge in [0, 0.05) is 6.04 Å². The van der Waals surface area contributed by atoms with Gasteiger partial charge in [-0.05, 0) is 34.1 Å². The van der Waals surface area contributed by atoms with E-state index >= 15 is 0 Å². The number of hydrogen-bond acceptors (Lipinski definition) is 2. The molecule has 0 aliphatic rings. The molecule has 0 radical (unpaired) electrons. The quantitative estimate of drug-likeness (QED) is 0.686. The Morgan fingerprint density at radius 1 is 1.62 bits per heavy atom. The lowest BCUT2D eigenvalue weighted by Gasteiger charge is -2.21. The van der Waals surface area contributed by atoms with Crippen molar-refractivity contribution in [3.8, 4) is 0 Å². The molecule has 0 fully saturated rings. The van der Waals surface area contributed by atoms with Gasteiger partial charge >= 0.3 is 6.09 Å². The second kappa shape index (κ2) is 4.90. The molecule has 0 aromatic rings. The van der Waals surface area contributed by atoms with Crippen LogP contribution >= 0.6 is 0 Å². The number of hydrogen-bond donors (Lipinski definition) is 1. The monoisotopic (exact) mass is 185 g/mol. The normalized spacial score (nSPS) is 13.2. The van der Waals surface area contributed by atoms with Gasteiger partial charge in [-0.3, -0.25) is 0 Å². The van der Waals surface area contributed by atoms with Crippen molar-refractivity contribution in [2.75, 3.05) is 0 Å². The van der Waals surface area contributed by atoms with E-state index in [4.69, 9.17) is 4.74 Å². The molecule has 3 nitrogen and oxygen atoms in total. The molecule has 0 saturated carbocycles. The van der Waals surface area contributed by atoms with Crippen LogP contribution in [-0.2, 0) is 4.74 Å². The fraction of sp³-hybridized carbons (Fsp3) is 0.700. The van der Waals surface area contributed by atoms with E-state index < -0.39 is 5.60 Å². The summed E-state index contributed by atoms with van der Waals surface area (Å²) in [5.41, 5.74) is -0.433. The summed E-state index contributed by atoms with van der Waals surface area (Å²) in [6, 6.07) is 0.0762. The molecule has 0 spiro atoms. The highest BCUT2D eigenvalue weighted by Gasteiger charge is 2.16. The van der Waals surface area contributed by atoms with Gasteiger partial charge < -0.3 is 10.1 Å². The predicted molar refractivity (Wildman–Crippen MR) is 53.6 cm³/mol. The minimum absolute atomic E-state index is 0.0762. The van der Waals surface area contributed by atoms with Gasteiger partial charge in [-0.2, -0.15) is 0 Å². The lowest BCUT2D eigenvalue weighted by atomic mass is 10.2. The van der Waals surface area contributed by atoms with Gasteiger partial charge in [-0.25, -0.2) is 4.79 Å². The van der Waals surface area contributed by atoms with Gasteiger partial charge in [0.25, 0.3) is 0 Å². The summed E-state index contributed by atoms with van der Waals surface area (Å²) in [5.74, 6) is 0. The lowest BCUT2D eigenvalue weighted by molar-refractivity contribution is 0.0509. The minimum atomic E-state index is -0.433. The summed E-state index contributed by atoms with van der Waals surface area (Å²) < 4.78 is 5.07. The first-order valence-corrected chi connectivity index (χ1v) is 4.45. The predicted octanol–water partition coefficient (Wildman–Crippen LogP) is 2.48. The van der Waals surface area contributed by atoms with Crippen molar-refractivity contribution >= 4 is 6.09 Å². The molecule has 1 N–H and O–H groups in total. The van der Waals surface area contributed by atoms with E-state index in [0.717, 1.165) is 6.42 Å². The van der Waals surface area contributed by atoms with Crippen LogP contribution in [0.4, 0.5) is 4.79 Å². The van der Waals surface area contributed by atoms with Crippen LogP contribution in [0.15, 0.2) is 12.7 Å². The Hall–Kier alpha value is -0.990. The van der Waals surface area contributed by atoms with Gasteiger partial charge in [-0.15, -0.1) is 6.58 Å². The highest BCUT2D eigenvalue weighted by Crippen LogP contribution is 2.06. The molecule has 1 amide bonds. The van der Waals surface area contributed by atoms with Crippen molar-refractivity contribution in [3.63, 3.8) is 0 Å². The van der Waals surface area contributed by atoms with E-state index in [1.54, 1.807) is 6.08 Å². The van der Waals surface area contributed by atoms with Crippen molar-refractivity contribution in [3.05, 3.63) is 12.7 Å². The summed E-state index contributed by atoms with van der Waals surface area (Å²) in [7, 11) is 0. The SMILES string of the molecule is C=CCC(C)NC(=O)OC(C)(C)C. The first kappa shape index (κ1) is 12.0. The largest absolute Gasteiger partial charge is 0.444 e. The van der Waals surface area contributed by atoms with E-state index in [1.807, 2.05) is 27.7 Å². The number of carbonyl (C=O) groups excluding carboxylic acids is 1. The average Bonchev–Trinajstić information content (AvgIpc) is 1.81. The zero-order valence-electron chi connectivity index (χ0n) is 8.89. The van der Waals surface area contributed by atoms with Crippen LogP contribution in [-0.4, -0.2) is 17.7 Å². The third-order valence-electron chi connectivity index (χ3n) is 1.28. The molecule has 13 heavy (non-hydrogen) atoms. The standard InChI is InChI=1S/C10H19NO2/c1-6-7-8(2)11-9(12)13-10(3,4)5/h6,8H,1,7H2,2-5H3,(H,11,12). The summed E-state index contributed by atoms with van der Waals surface area (Å²) in [6.45, 7) is 11.0. The molecule has 0 aromatic heterocycles. The van der Waals surface area contributed by atoms with Crippen molar-refractivity contribution in [2.24, 2.45) is 0 Å². The number of rotatable bonds is 3. The van der Waals surface area contributed by atoms with E-state index in [9.17, 15) is 4.79 Å². The summed E-state index contributed by atoms with van der Waals surface area (Å²) in [4.78, 5) is 11.2. The molecule has 0 aliphatic heterocycles. The minimum Gasteiger partial charge on any atom is -0.444 e. The highest BCUT2D eigenvalue weighted by atomic mass is 16.6. The summed E-state index contributed by atoms with van der Waals surface area (Å²) in [6.07, 6.45) is 2.14. The van der Waals surface area contributed by atoms with Crippen molar-refractivity contribution < 1.29 is 9.53 Å². The van der Waals surface area contributed by atoms with Crippen molar-refractivity contribution in [1.82, 2.24) is 5.32 Å². The summed E-state index contributed by atoms with van der Waals surface area (Å²) in [5, 5.41) is 2.70. The Morgan fingerprint density at radius 2 is 2.15 bits per heavy atom. The van der Waals surface area contributed by atoms with Gasteiger partial charge in [-0.1, -0.05) is 6.08 Å². The van der Waals surface area contributed by atoms with Gasteiger partial charge in [0.15, 0.2) is 0 Å². The van der Waals surface area contributed by atoms with Crippen LogP contribution in [0.3, 0.4) is 0 Å². The third kappa shape index (κ3) is 7.37. The number of ether oxygens (including phenoxy) is 1. The fourth-order valence-electron chi connectivity index (χ4n) is 0.818. The number of nitrogens with one attached hydrogen (secondary N) is 1. The Bertz CT molecular complexity index is 182. The molecule has 0 heterocycles. The smallest absolute Gasteiger partial charge is 0.407 e. The van der Waals surface area contributed by atoms with Crippen molar-refractivity contribution in [1.29, 1.82) is 0 Å². The van der Waals surface area contributed by atoms with Crippen LogP contribution in [0.25, 0.3) is 0 Å². The maximum atomic E-state index is 11.2. The molecular weight excluding hydrogens is 166 g/mol. The van der Waals surface area contributed by atoms with Gasteiger partial charge in [0.05, 0.1) is 0 Å². The molecule has 0 bridgehead atoms. The second-order valence-corrected chi connectivity index (χ2v) is 4.07. The van der Waals surface area contributed by atoms with Crippen LogP contribution < -0.4 is 5.32 Å². The topological polar surface area (TPSA) is 38.3 Å². The number of alkyl carbamates (subject to hydrolysis) is 1. The van der Waals surface area contributed by atoms with Crippen molar-refractivity contribution in [2.45, 2.75) is 45.8 Å².